The molecule has 1 heterocycles. The standard InChI is InChI=1S/C11H11BrFNO2/c12-10-2-1-8(13)3-7(10)4-11(16)14-5-9(15)6-14/h1-3,9,15H,4-6H2. The van der Waals surface area contributed by atoms with Gasteiger partial charge in [0.05, 0.1) is 12.5 Å². The number of β-amino-alcohol motifs (C(OH)–C–C–N with tert-alkyl or cyclic N) is 1. The predicted molar refractivity (Wildman–Crippen MR) is 60.4 cm³/mol. The highest BCUT2D eigenvalue weighted by Gasteiger charge is 2.28. The van der Waals surface area contributed by atoms with E-state index in [1.165, 1.54) is 12.1 Å². The molecule has 0 aromatic heterocycles. The van der Waals surface area contributed by atoms with Crippen LogP contribution in [0, 0.1) is 5.82 Å². The summed E-state index contributed by atoms with van der Waals surface area (Å²) in [5.41, 5.74) is 0.631. The Morgan fingerprint density at radius 3 is 2.88 bits per heavy atom. The van der Waals surface area contributed by atoms with E-state index in [2.05, 4.69) is 15.9 Å². The molecule has 1 aliphatic heterocycles. The SMILES string of the molecule is O=C(Cc1cc(F)ccc1Br)N1CC(O)C1. The minimum absolute atomic E-state index is 0.0865. The van der Waals surface area contributed by atoms with Gasteiger partial charge in [0.1, 0.15) is 5.82 Å². The summed E-state index contributed by atoms with van der Waals surface area (Å²) in [5, 5.41) is 9.07. The maximum Gasteiger partial charge on any atom is 0.227 e. The lowest BCUT2D eigenvalue weighted by atomic mass is 10.1. The monoisotopic (exact) mass is 287 g/mol. The van der Waals surface area contributed by atoms with Gasteiger partial charge in [0, 0.05) is 17.6 Å². The van der Waals surface area contributed by atoms with Crippen molar-refractivity contribution in [2.45, 2.75) is 12.5 Å². The van der Waals surface area contributed by atoms with Gasteiger partial charge >= 0.3 is 0 Å². The van der Waals surface area contributed by atoms with Crippen LogP contribution in [-0.4, -0.2) is 35.1 Å². The average molecular weight is 288 g/mol. The Morgan fingerprint density at radius 2 is 2.25 bits per heavy atom. The van der Waals surface area contributed by atoms with Gasteiger partial charge in [-0.15, -0.1) is 0 Å². The molecule has 1 aliphatic rings. The fourth-order valence-electron chi connectivity index (χ4n) is 1.61. The molecule has 3 nitrogen and oxygen atoms in total. The average Bonchev–Trinajstić information content (AvgIpc) is 2.19. The number of hydrogen-bond donors (Lipinski definition) is 1. The molecule has 0 saturated carbocycles. The van der Waals surface area contributed by atoms with E-state index in [0.29, 0.717) is 18.7 Å². The van der Waals surface area contributed by atoms with E-state index < -0.39 is 6.10 Å². The third kappa shape index (κ3) is 2.41. The van der Waals surface area contributed by atoms with Crippen molar-refractivity contribution >= 4 is 21.8 Å². The molecule has 1 aromatic rings. The molecule has 16 heavy (non-hydrogen) atoms. The van der Waals surface area contributed by atoms with E-state index in [9.17, 15) is 9.18 Å². The predicted octanol–water partition coefficient (Wildman–Crippen LogP) is 1.33. The molecule has 1 amide bonds. The van der Waals surface area contributed by atoms with Crippen molar-refractivity contribution in [3.63, 3.8) is 0 Å². The second-order valence-electron chi connectivity index (χ2n) is 3.87. The molecular formula is C11H11BrFNO2. The van der Waals surface area contributed by atoms with Crippen molar-refractivity contribution in [3.05, 3.63) is 34.1 Å². The number of likely N-dealkylation sites (tertiary alicyclic amines) is 1. The Balaban J connectivity index is 2.03. The summed E-state index contributed by atoms with van der Waals surface area (Å²) >= 11 is 3.27. The summed E-state index contributed by atoms with van der Waals surface area (Å²) in [4.78, 5) is 13.2. The van der Waals surface area contributed by atoms with Crippen LogP contribution in [0.2, 0.25) is 0 Å². The molecule has 1 N–H and O–H groups in total. The summed E-state index contributed by atoms with van der Waals surface area (Å²) in [6.07, 6.45) is -0.245. The zero-order valence-corrected chi connectivity index (χ0v) is 10.1. The number of rotatable bonds is 2. The highest BCUT2D eigenvalue weighted by atomic mass is 79.9. The lowest BCUT2D eigenvalue weighted by Gasteiger charge is -2.36. The molecule has 0 radical (unpaired) electrons. The van der Waals surface area contributed by atoms with Gasteiger partial charge in [0.2, 0.25) is 5.91 Å². The first kappa shape index (κ1) is 11.5. The number of nitrogens with zero attached hydrogens (tertiary/aromatic N) is 1. The van der Waals surface area contributed by atoms with Crippen LogP contribution in [0.3, 0.4) is 0 Å². The van der Waals surface area contributed by atoms with Crippen molar-refractivity contribution in [1.29, 1.82) is 0 Å². The molecule has 1 saturated heterocycles. The molecule has 5 heteroatoms. The van der Waals surface area contributed by atoms with Crippen molar-refractivity contribution in [1.82, 2.24) is 4.90 Å². The van der Waals surface area contributed by atoms with E-state index in [0.717, 1.165) is 4.47 Å². The molecule has 0 aliphatic carbocycles. The summed E-state index contributed by atoms with van der Waals surface area (Å²) in [7, 11) is 0. The van der Waals surface area contributed by atoms with Gasteiger partial charge in [0.25, 0.3) is 0 Å². The normalized spacial score (nSPS) is 16.1. The summed E-state index contributed by atoms with van der Waals surface area (Å²) in [6.45, 7) is 0.761. The van der Waals surface area contributed by atoms with Crippen LogP contribution in [0.5, 0.6) is 0 Å². The zero-order valence-electron chi connectivity index (χ0n) is 8.49. The van der Waals surface area contributed by atoms with Crippen molar-refractivity contribution in [3.8, 4) is 0 Å². The van der Waals surface area contributed by atoms with Crippen LogP contribution in [0.4, 0.5) is 4.39 Å². The molecule has 1 fully saturated rings. The first-order valence-electron chi connectivity index (χ1n) is 4.96. The Morgan fingerprint density at radius 1 is 1.56 bits per heavy atom. The fraction of sp³-hybridized carbons (Fsp3) is 0.364. The second kappa shape index (κ2) is 4.51. The molecule has 0 unspecified atom stereocenters. The van der Waals surface area contributed by atoms with Crippen molar-refractivity contribution in [2.75, 3.05) is 13.1 Å². The van der Waals surface area contributed by atoms with Gasteiger partial charge < -0.3 is 10.0 Å². The lowest BCUT2D eigenvalue weighted by molar-refractivity contribution is -0.140. The Kier molecular flexibility index (Phi) is 3.25. The summed E-state index contributed by atoms with van der Waals surface area (Å²) in [5.74, 6) is -0.439. The second-order valence-corrected chi connectivity index (χ2v) is 4.72. The lowest BCUT2D eigenvalue weighted by Crippen LogP contribution is -2.53. The third-order valence-corrected chi connectivity index (χ3v) is 3.34. The topological polar surface area (TPSA) is 40.5 Å². The van der Waals surface area contributed by atoms with Crippen molar-refractivity contribution in [2.24, 2.45) is 0 Å². The van der Waals surface area contributed by atoms with Gasteiger partial charge in [-0.3, -0.25) is 4.79 Å². The van der Waals surface area contributed by atoms with Gasteiger partial charge in [-0.05, 0) is 23.8 Å². The van der Waals surface area contributed by atoms with E-state index in [-0.39, 0.29) is 18.1 Å². The zero-order chi connectivity index (χ0) is 11.7. The van der Waals surface area contributed by atoms with E-state index >= 15 is 0 Å². The summed E-state index contributed by atoms with van der Waals surface area (Å²) in [6, 6.07) is 4.27. The molecule has 0 spiro atoms. The first-order chi connectivity index (χ1) is 7.56. The highest BCUT2D eigenvalue weighted by Crippen LogP contribution is 2.20. The third-order valence-electron chi connectivity index (χ3n) is 2.56. The number of hydrogen-bond acceptors (Lipinski definition) is 2. The minimum atomic E-state index is -0.403. The number of carbonyl (C=O) groups is 1. The largest absolute Gasteiger partial charge is 0.389 e. The van der Waals surface area contributed by atoms with Crippen molar-refractivity contribution < 1.29 is 14.3 Å². The van der Waals surface area contributed by atoms with E-state index in [4.69, 9.17) is 5.11 Å². The van der Waals surface area contributed by atoms with Crippen LogP contribution in [0.25, 0.3) is 0 Å². The van der Waals surface area contributed by atoms with Crippen LogP contribution >= 0.6 is 15.9 Å². The minimum Gasteiger partial charge on any atom is -0.389 e. The number of aliphatic hydroxyl groups excluding tert-OH is 1. The van der Waals surface area contributed by atoms with Gasteiger partial charge in [-0.1, -0.05) is 15.9 Å². The smallest absolute Gasteiger partial charge is 0.227 e. The van der Waals surface area contributed by atoms with E-state index in [1.54, 1.807) is 11.0 Å². The number of aliphatic hydroxyl groups is 1. The highest BCUT2D eigenvalue weighted by molar-refractivity contribution is 9.10. The first-order valence-corrected chi connectivity index (χ1v) is 5.75. The number of benzene rings is 1. The van der Waals surface area contributed by atoms with Gasteiger partial charge in [0.15, 0.2) is 0 Å². The van der Waals surface area contributed by atoms with Gasteiger partial charge in [-0.2, -0.15) is 0 Å². The van der Waals surface area contributed by atoms with Gasteiger partial charge in [-0.25, -0.2) is 4.39 Å². The molecule has 86 valence electrons. The molecular weight excluding hydrogens is 277 g/mol. The fourth-order valence-corrected chi connectivity index (χ4v) is 2.00. The number of carbonyl (C=O) groups excluding carboxylic acids is 1. The Labute approximate surface area is 101 Å². The number of amides is 1. The molecule has 0 bridgehead atoms. The van der Waals surface area contributed by atoms with Crippen LogP contribution in [0.15, 0.2) is 22.7 Å². The van der Waals surface area contributed by atoms with Crippen LogP contribution in [-0.2, 0) is 11.2 Å². The molecule has 2 rings (SSSR count). The molecule has 0 atom stereocenters. The Hall–Kier alpha value is -0.940. The quantitative estimate of drug-likeness (QED) is 0.892. The maximum atomic E-state index is 13.0. The maximum absolute atomic E-state index is 13.0. The van der Waals surface area contributed by atoms with Crippen LogP contribution < -0.4 is 0 Å². The molecule has 1 aromatic carbocycles. The summed E-state index contributed by atoms with van der Waals surface area (Å²) < 4.78 is 13.7. The number of halogens is 2. The van der Waals surface area contributed by atoms with E-state index in [1.807, 2.05) is 0 Å². The Bertz CT molecular complexity index is 418. The van der Waals surface area contributed by atoms with Crippen LogP contribution in [0.1, 0.15) is 5.56 Å².